The molecule has 0 aliphatic carbocycles. The molecule has 7 heteroatoms. The van der Waals surface area contributed by atoms with Crippen LogP contribution in [-0.4, -0.2) is 54.2 Å². The number of aliphatic hydroxyl groups excluding tert-OH is 2. The summed E-state index contributed by atoms with van der Waals surface area (Å²) >= 11 is 0. The van der Waals surface area contributed by atoms with E-state index in [1.807, 2.05) is 0 Å². The number of aliphatic hydroxyl groups is 2. The number of likely N-dealkylation sites (tertiary alicyclic amines) is 1. The molecule has 1 aliphatic heterocycles. The maximum absolute atomic E-state index is 12.7. The van der Waals surface area contributed by atoms with Crippen molar-refractivity contribution in [3.63, 3.8) is 0 Å². The Kier molecular flexibility index (Phi) is 5.65. The van der Waals surface area contributed by atoms with Crippen molar-refractivity contribution in [3.8, 4) is 11.5 Å². The van der Waals surface area contributed by atoms with Gasteiger partial charge in [0.15, 0.2) is 11.5 Å². The predicted molar refractivity (Wildman–Crippen MR) is 102 cm³/mol. The zero-order chi connectivity index (χ0) is 20.3. The van der Waals surface area contributed by atoms with Gasteiger partial charge in [0.25, 0.3) is 11.7 Å². The first-order valence-electron chi connectivity index (χ1n) is 8.70. The van der Waals surface area contributed by atoms with Gasteiger partial charge in [0, 0.05) is 12.1 Å². The van der Waals surface area contributed by atoms with Crippen LogP contribution in [0.3, 0.4) is 0 Å². The average Bonchev–Trinajstić information content (AvgIpc) is 2.98. The van der Waals surface area contributed by atoms with E-state index in [9.17, 15) is 19.8 Å². The minimum absolute atomic E-state index is 0.0307. The first-order chi connectivity index (χ1) is 13.5. The molecule has 0 spiro atoms. The van der Waals surface area contributed by atoms with Gasteiger partial charge in [-0.2, -0.15) is 0 Å². The molecule has 7 nitrogen and oxygen atoms in total. The van der Waals surface area contributed by atoms with Crippen molar-refractivity contribution in [2.24, 2.45) is 0 Å². The second-order valence-corrected chi connectivity index (χ2v) is 6.20. The lowest BCUT2D eigenvalue weighted by atomic mass is 9.95. The van der Waals surface area contributed by atoms with E-state index in [1.54, 1.807) is 48.5 Å². The van der Waals surface area contributed by atoms with Gasteiger partial charge in [-0.3, -0.25) is 9.59 Å². The zero-order valence-corrected chi connectivity index (χ0v) is 15.6. The maximum atomic E-state index is 12.7. The molecule has 2 aromatic carbocycles. The number of benzene rings is 2. The average molecular weight is 383 g/mol. The number of carbonyl (C=O) groups is 2. The van der Waals surface area contributed by atoms with E-state index in [0.29, 0.717) is 22.6 Å². The Morgan fingerprint density at radius 1 is 1.04 bits per heavy atom. The summed E-state index contributed by atoms with van der Waals surface area (Å²) in [5.74, 6) is -0.914. The molecule has 1 fully saturated rings. The van der Waals surface area contributed by atoms with Crippen LogP contribution in [0.15, 0.2) is 54.1 Å². The van der Waals surface area contributed by atoms with Gasteiger partial charge in [0.1, 0.15) is 5.76 Å². The first-order valence-corrected chi connectivity index (χ1v) is 8.70. The lowest BCUT2D eigenvalue weighted by Crippen LogP contribution is -2.32. The highest BCUT2D eigenvalue weighted by Gasteiger charge is 2.46. The molecule has 2 aromatic rings. The van der Waals surface area contributed by atoms with Crippen LogP contribution in [0.25, 0.3) is 5.76 Å². The lowest BCUT2D eigenvalue weighted by molar-refractivity contribution is -0.140. The summed E-state index contributed by atoms with van der Waals surface area (Å²) in [5.41, 5.74) is 0.953. The van der Waals surface area contributed by atoms with Crippen LogP contribution in [0.1, 0.15) is 17.2 Å². The van der Waals surface area contributed by atoms with Crippen molar-refractivity contribution < 1.29 is 29.3 Å². The van der Waals surface area contributed by atoms with Crippen molar-refractivity contribution in [3.05, 3.63) is 65.2 Å². The van der Waals surface area contributed by atoms with E-state index >= 15 is 0 Å². The van der Waals surface area contributed by atoms with Gasteiger partial charge in [-0.25, -0.2) is 0 Å². The van der Waals surface area contributed by atoms with Gasteiger partial charge < -0.3 is 24.6 Å². The quantitative estimate of drug-likeness (QED) is 0.451. The highest BCUT2D eigenvalue weighted by atomic mass is 16.5. The van der Waals surface area contributed by atoms with E-state index in [0.717, 1.165) is 0 Å². The Morgan fingerprint density at radius 3 is 2.32 bits per heavy atom. The molecule has 0 aromatic heterocycles. The number of ether oxygens (including phenoxy) is 2. The molecule has 1 heterocycles. The molecular formula is C21H21NO6. The number of ketones is 1. The van der Waals surface area contributed by atoms with E-state index in [2.05, 4.69) is 0 Å². The zero-order valence-electron chi connectivity index (χ0n) is 15.6. The Hall–Kier alpha value is -3.32. The maximum Gasteiger partial charge on any atom is 0.295 e. The topological polar surface area (TPSA) is 96.3 Å². The summed E-state index contributed by atoms with van der Waals surface area (Å²) in [6.45, 7) is -0.364. The minimum atomic E-state index is -0.854. The number of amides is 1. The second-order valence-electron chi connectivity index (χ2n) is 6.20. The molecule has 0 radical (unpaired) electrons. The van der Waals surface area contributed by atoms with Crippen molar-refractivity contribution in [1.82, 2.24) is 4.90 Å². The predicted octanol–water partition coefficient (Wildman–Crippen LogP) is 2.12. The van der Waals surface area contributed by atoms with Crippen molar-refractivity contribution in [2.45, 2.75) is 6.04 Å². The van der Waals surface area contributed by atoms with Gasteiger partial charge in [-0.05, 0) is 17.7 Å². The molecule has 1 aliphatic rings. The van der Waals surface area contributed by atoms with Crippen molar-refractivity contribution in [1.29, 1.82) is 0 Å². The summed E-state index contributed by atoms with van der Waals surface area (Å²) in [6.07, 6.45) is 0. The van der Waals surface area contributed by atoms with Crippen LogP contribution in [0.5, 0.6) is 11.5 Å². The fraction of sp³-hybridized carbons (Fsp3) is 0.238. The minimum Gasteiger partial charge on any atom is -0.507 e. The Balaban J connectivity index is 2.20. The van der Waals surface area contributed by atoms with Crippen LogP contribution in [0.2, 0.25) is 0 Å². The smallest absolute Gasteiger partial charge is 0.295 e. The largest absolute Gasteiger partial charge is 0.507 e. The highest BCUT2D eigenvalue weighted by Crippen LogP contribution is 2.41. The molecule has 1 atom stereocenters. The molecule has 0 bridgehead atoms. The Bertz CT molecular complexity index is 922. The third kappa shape index (κ3) is 3.32. The van der Waals surface area contributed by atoms with E-state index in [1.165, 1.54) is 19.1 Å². The van der Waals surface area contributed by atoms with Crippen LogP contribution >= 0.6 is 0 Å². The molecule has 2 N–H and O–H groups in total. The van der Waals surface area contributed by atoms with Crippen LogP contribution in [-0.2, 0) is 9.59 Å². The summed E-state index contributed by atoms with van der Waals surface area (Å²) in [5, 5.41) is 20.2. The van der Waals surface area contributed by atoms with Gasteiger partial charge >= 0.3 is 0 Å². The number of hydrogen-bond donors (Lipinski definition) is 2. The number of rotatable bonds is 6. The normalized spacial score (nSPS) is 18.4. The number of methoxy groups -OCH3 is 2. The van der Waals surface area contributed by atoms with Crippen LogP contribution in [0.4, 0.5) is 0 Å². The van der Waals surface area contributed by atoms with Gasteiger partial charge in [-0.15, -0.1) is 0 Å². The molecule has 3 rings (SSSR count). The first kappa shape index (κ1) is 19.4. The van der Waals surface area contributed by atoms with E-state index < -0.39 is 17.7 Å². The summed E-state index contributed by atoms with van der Waals surface area (Å²) in [7, 11) is 2.99. The lowest BCUT2D eigenvalue weighted by Gasteiger charge is -2.25. The van der Waals surface area contributed by atoms with Crippen molar-refractivity contribution in [2.75, 3.05) is 27.4 Å². The summed E-state index contributed by atoms with van der Waals surface area (Å²) < 4.78 is 10.6. The molecule has 1 amide bonds. The highest BCUT2D eigenvalue weighted by molar-refractivity contribution is 6.46. The fourth-order valence-corrected chi connectivity index (χ4v) is 3.34. The molecule has 1 saturated heterocycles. The van der Waals surface area contributed by atoms with E-state index in [-0.39, 0.29) is 24.5 Å². The third-order valence-electron chi connectivity index (χ3n) is 4.65. The van der Waals surface area contributed by atoms with E-state index in [4.69, 9.17) is 9.47 Å². The monoisotopic (exact) mass is 383 g/mol. The molecule has 1 unspecified atom stereocenters. The summed E-state index contributed by atoms with van der Waals surface area (Å²) in [6, 6.07) is 12.7. The fourth-order valence-electron chi connectivity index (χ4n) is 3.34. The molecule has 28 heavy (non-hydrogen) atoms. The molecule has 146 valence electrons. The Morgan fingerprint density at radius 2 is 1.71 bits per heavy atom. The summed E-state index contributed by atoms with van der Waals surface area (Å²) in [4.78, 5) is 26.5. The molecular weight excluding hydrogens is 362 g/mol. The second kappa shape index (κ2) is 8.14. The van der Waals surface area contributed by atoms with Crippen LogP contribution in [0, 0.1) is 0 Å². The number of nitrogens with zero attached hydrogens (tertiary/aromatic N) is 1. The van der Waals surface area contributed by atoms with Gasteiger partial charge in [-0.1, -0.05) is 36.4 Å². The number of Topliss-reactive ketones (excluding diaryl/α,β-unsaturated/α-hetero) is 1. The Labute approximate surface area is 162 Å². The standard InChI is InChI=1S/C21H21NO6/c1-27-15-9-8-14(12-16(15)28-2)18-17(19(24)13-6-4-3-5-7-13)20(25)21(26)22(18)10-11-23/h3-9,12,18,23-24H,10-11H2,1-2H3. The van der Waals surface area contributed by atoms with Gasteiger partial charge in [0.05, 0.1) is 32.4 Å². The number of β-amino-alcohol motifs (C(OH)–C–C–N with tert-alkyl or cyclic N) is 1. The van der Waals surface area contributed by atoms with Crippen molar-refractivity contribution >= 4 is 17.4 Å². The van der Waals surface area contributed by atoms with Crippen LogP contribution < -0.4 is 9.47 Å². The SMILES string of the molecule is COc1ccc(C2C(=C(O)c3ccccc3)C(=O)C(=O)N2CCO)cc1OC. The molecule has 0 saturated carbocycles. The number of hydrogen-bond acceptors (Lipinski definition) is 6. The number of carbonyl (C=O) groups excluding carboxylic acids is 2. The van der Waals surface area contributed by atoms with Gasteiger partial charge in [0.2, 0.25) is 0 Å². The third-order valence-corrected chi connectivity index (χ3v) is 4.65.